The van der Waals surface area contributed by atoms with E-state index in [4.69, 9.17) is 5.26 Å². The minimum absolute atomic E-state index is 0.424. The highest BCUT2D eigenvalue weighted by atomic mass is 16.3. The number of benzene rings is 1. The number of aryl methyl sites for hydroxylation is 1. The molecule has 26 heavy (non-hydrogen) atoms. The van der Waals surface area contributed by atoms with Crippen molar-refractivity contribution in [1.29, 1.82) is 5.26 Å². The summed E-state index contributed by atoms with van der Waals surface area (Å²) in [6.45, 7) is 5.46. The van der Waals surface area contributed by atoms with Crippen LogP contribution in [0.15, 0.2) is 42.5 Å². The maximum Gasteiger partial charge on any atom is 0.145 e. The number of hydrogen-bond acceptors (Lipinski definition) is 5. The van der Waals surface area contributed by atoms with Gasteiger partial charge in [0.15, 0.2) is 0 Å². The summed E-state index contributed by atoms with van der Waals surface area (Å²) in [4.78, 5) is 6.69. The van der Waals surface area contributed by atoms with Gasteiger partial charge in [-0.1, -0.05) is 36.4 Å². The minimum Gasteiger partial charge on any atom is -0.387 e. The van der Waals surface area contributed by atoms with Crippen LogP contribution in [0, 0.1) is 24.2 Å². The lowest BCUT2D eigenvalue weighted by Crippen LogP contribution is -2.38. The van der Waals surface area contributed by atoms with Gasteiger partial charge in [-0.3, -0.25) is 0 Å². The molecule has 1 aliphatic heterocycles. The number of likely N-dealkylation sites (tertiary alicyclic amines) is 1. The predicted octanol–water partition coefficient (Wildman–Crippen LogP) is 3.12. The number of aliphatic hydroxyl groups is 1. The summed E-state index contributed by atoms with van der Waals surface area (Å²) in [6.07, 6.45) is 1.78. The summed E-state index contributed by atoms with van der Waals surface area (Å²) in [7, 11) is 0. The maximum atomic E-state index is 10.4. The van der Waals surface area contributed by atoms with Gasteiger partial charge in [0.25, 0.3) is 0 Å². The largest absolute Gasteiger partial charge is 0.387 e. The van der Waals surface area contributed by atoms with Crippen molar-refractivity contribution in [3.8, 4) is 6.07 Å². The zero-order valence-electron chi connectivity index (χ0n) is 15.2. The standard InChI is InChI=1S/C21H26N4O/c1-16-7-8-21(24-19(16)13-22)23-14-17-9-11-25(12-10-17)15-20(26)18-5-3-2-4-6-18/h2-8,17,20,26H,9-12,14-15H2,1H3,(H,23,24). The van der Waals surface area contributed by atoms with Crippen LogP contribution < -0.4 is 5.32 Å². The molecule has 1 atom stereocenters. The third-order valence-corrected chi connectivity index (χ3v) is 5.10. The first-order chi connectivity index (χ1) is 12.7. The lowest BCUT2D eigenvalue weighted by molar-refractivity contribution is 0.0909. The summed E-state index contributed by atoms with van der Waals surface area (Å²) >= 11 is 0. The molecule has 1 aromatic carbocycles. The highest BCUT2D eigenvalue weighted by Gasteiger charge is 2.21. The van der Waals surface area contributed by atoms with Gasteiger partial charge < -0.3 is 15.3 Å². The molecule has 136 valence electrons. The summed E-state index contributed by atoms with van der Waals surface area (Å²) in [6, 6.07) is 15.8. The molecule has 0 aliphatic carbocycles. The van der Waals surface area contributed by atoms with Crippen molar-refractivity contribution in [2.45, 2.75) is 25.9 Å². The monoisotopic (exact) mass is 350 g/mol. The lowest BCUT2D eigenvalue weighted by Gasteiger charge is -2.33. The average molecular weight is 350 g/mol. The summed E-state index contributed by atoms with van der Waals surface area (Å²) in [5.74, 6) is 1.36. The fourth-order valence-corrected chi connectivity index (χ4v) is 3.39. The van der Waals surface area contributed by atoms with E-state index in [9.17, 15) is 5.11 Å². The molecule has 1 aromatic heterocycles. The first kappa shape index (κ1) is 18.4. The number of nitrogens with one attached hydrogen (secondary N) is 1. The topological polar surface area (TPSA) is 72.2 Å². The van der Waals surface area contributed by atoms with Crippen LogP contribution in [-0.4, -0.2) is 41.2 Å². The molecule has 5 nitrogen and oxygen atoms in total. The van der Waals surface area contributed by atoms with E-state index in [1.807, 2.05) is 49.4 Å². The quantitative estimate of drug-likeness (QED) is 0.837. The van der Waals surface area contributed by atoms with Gasteiger partial charge >= 0.3 is 0 Å². The summed E-state index contributed by atoms with van der Waals surface area (Å²) < 4.78 is 0. The number of nitrogens with zero attached hydrogens (tertiary/aromatic N) is 3. The minimum atomic E-state index is -0.424. The van der Waals surface area contributed by atoms with Crippen LogP contribution in [-0.2, 0) is 0 Å². The molecule has 2 heterocycles. The molecular formula is C21H26N4O. The Labute approximate surface area is 155 Å². The van der Waals surface area contributed by atoms with E-state index in [0.29, 0.717) is 18.2 Å². The molecule has 3 rings (SSSR count). The number of rotatable bonds is 6. The van der Waals surface area contributed by atoms with Crippen LogP contribution in [0.2, 0.25) is 0 Å². The normalized spacial score (nSPS) is 16.8. The van der Waals surface area contributed by atoms with E-state index >= 15 is 0 Å². The molecule has 1 fully saturated rings. The van der Waals surface area contributed by atoms with E-state index in [2.05, 4.69) is 21.3 Å². The lowest BCUT2D eigenvalue weighted by atomic mass is 9.96. The van der Waals surface area contributed by atoms with Crippen molar-refractivity contribution in [3.05, 3.63) is 59.3 Å². The molecular weight excluding hydrogens is 324 g/mol. The van der Waals surface area contributed by atoms with E-state index < -0.39 is 6.10 Å². The van der Waals surface area contributed by atoms with Gasteiger partial charge in [0.05, 0.1) is 6.10 Å². The number of nitriles is 1. The van der Waals surface area contributed by atoms with Crippen molar-refractivity contribution in [2.75, 3.05) is 31.5 Å². The van der Waals surface area contributed by atoms with Crippen LogP contribution >= 0.6 is 0 Å². The first-order valence-electron chi connectivity index (χ1n) is 9.22. The third kappa shape index (κ3) is 4.81. The second-order valence-corrected chi connectivity index (χ2v) is 7.03. The van der Waals surface area contributed by atoms with Gasteiger partial charge in [-0.2, -0.15) is 5.26 Å². The Balaban J connectivity index is 1.43. The smallest absolute Gasteiger partial charge is 0.145 e. The number of hydrogen-bond donors (Lipinski definition) is 2. The highest BCUT2D eigenvalue weighted by Crippen LogP contribution is 2.21. The zero-order valence-corrected chi connectivity index (χ0v) is 15.2. The zero-order chi connectivity index (χ0) is 18.4. The molecule has 1 saturated heterocycles. The van der Waals surface area contributed by atoms with Crippen LogP contribution in [0.1, 0.15) is 35.8 Å². The molecule has 2 N–H and O–H groups in total. The molecule has 1 unspecified atom stereocenters. The van der Waals surface area contributed by atoms with E-state index in [-0.39, 0.29) is 0 Å². The number of pyridine rings is 1. The molecule has 5 heteroatoms. The van der Waals surface area contributed by atoms with E-state index in [1.165, 1.54) is 0 Å². The van der Waals surface area contributed by atoms with Gasteiger partial charge in [0.1, 0.15) is 17.6 Å². The second kappa shape index (κ2) is 8.79. The molecule has 0 radical (unpaired) electrons. The van der Waals surface area contributed by atoms with E-state index in [0.717, 1.165) is 49.4 Å². The van der Waals surface area contributed by atoms with Gasteiger partial charge in [-0.05, 0) is 56.0 Å². The molecule has 0 spiro atoms. The summed E-state index contributed by atoms with van der Waals surface area (Å²) in [5.41, 5.74) is 2.37. The van der Waals surface area contributed by atoms with Gasteiger partial charge in [-0.25, -0.2) is 4.98 Å². The van der Waals surface area contributed by atoms with Crippen LogP contribution in [0.5, 0.6) is 0 Å². The van der Waals surface area contributed by atoms with Crippen molar-refractivity contribution in [3.63, 3.8) is 0 Å². The fourth-order valence-electron chi connectivity index (χ4n) is 3.39. The third-order valence-electron chi connectivity index (χ3n) is 5.10. The molecule has 0 bridgehead atoms. The number of anilines is 1. The van der Waals surface area contributed by atoms with Gasteiger partial charge in [0.2, 0.25) is 0 Å². The number of aromatic nitrogens is 1. The number of aliphatic hydroxyl groups excluding tert-OH is 1. The summed E-state index contributed by atoms with van der Waals surface area (Å²) in [5, 5.41) is 22.8. The van der Waals surface area contributed by atoms with Crippen molar-refractivity contribution >= 4 is 5.82 Å². The number of piperidine rings is 1. The molecule has 0 saturated carbocycles. The first-order valence-corrected chi connectivity index (χ1v) is 9.22. The SMILES string of the molecule is Cc1ccc(NCC2CCN(CC(O)c3ccccc3)CC2)nc1C#N. The Hall–Kier alpha value is -2.42. The second-order valence-electron chi connectivity index (χ2n) is 7.03. The molecule has 1 aliphatic rings. The van der Waals surface area contributed by atoms with Crippen LogP contribution in [0.3, 0.4) is 0 Å². The Kier molecular flexibility index (Phi) is 6.21. The Morgan fingerprint density at radius 1 is 1.23 bits per heavy atom. The Morgan fingerprint density at radius 3 is 2.65 bits per heavy atom. The average Bonchev–Trinajstić information content (AvgIpc) is 2.69. The fraction of sp³-hybridized carbons (Fsp3) is 0.429. The predicted molar refractivity (Wildman–Crippen MR) is 103 cm³/mol. The Morgan fingerprint density at radius 2 is 1.96 bits per heavy atom. The molecule has 2 aromatic rings. The van der Waals surface area contributed by atoms with Crippen molar-refractivity contribution in [1.82, 2.24) is 9.88 Å². The van der Waals surface area contributed by atoms with Crippen molar-refractivity contribution in [2.24, 2.45) is 5.92 Å². The maximum absolute atomic E-state index is 10.4. The van der Waals surface area contributed by atoms with Crippen LogP contribution in [0.25, 0.3) is 0 Å². The van der Waals surface area contributed by atoms with Gasteiger partial charge in [0, 0.05) is 13.1 Å². The van der Waals surface area contributed by atoms with Crippen LogP contribution in [0.4, 0.5) is 5.82 Å². The van der Waals surface area contributed by atoms with Crippen molar-refractivity contribution < 1.29 is 5.11 Å². The Bertz CT molecular complexity index is 748. The number of β-amino-alcohol motifs (C(OH)–C–C–N with tert-alkyl or cyclic N) is 1. The van der Waals surface area contributed by atoms with E-state index in [1.54, 1.807) is 0 Å². The molecule has 0 amide bonds. The highest BCUT2D eigenvalue weighted by molar-refractivity contribution is 5.42. The van der Waals surface area contributed by atoms with Gasteiger partial charge in [-0.15, -0.1) is 0 Å².